The van der Waals surface area contributed by atoms with Crippen LogP contribution in [0, 0.1) is 0 Å². The topological polar surface area (TPSA) is 83.6 Å². The number of rotatable bonds is 5. The number of carbonyl (C=O) groups excluding carboxylic acids is 1. The molecule has 0 spiro atoms. The van der Waals surface area contributed by atoms with Crippen LogP contribution in [0.4, 0.5) is 5.69 Å². The summed E-state index contributed by atoms with van der Waals surface area (Å²) in [6.45, 7) is 3.81. The molecule has 104 valence electrons. The fourth-order valence-corrected chi connectivity index (χ4v) is 1.96. The first kappa shape index (κ1) is 15.3. The van der Waals surface area contributed by atoms with Crippen molar-refractivity contribution < 1.29 is 14.7 Å². The highest BCUT2D eigenvalue weighted by molar-refractivity contribution is 6.31. The fraction of sp³-hybridized carbons (Fsp3) is 0.385. The van der Waals surface area contributed by atoms with E-state index in [1.807, 2.05) is 13.8 Å². The summed E-state index contributed by atoms with van der Waals surface area (Å²) < 4.78 is 0. The van der Waals surface area contributed by atoms with Gasteiger partial charge in [-0.2, -0.15) is 0 Å². The van der Waals surface area contributed by atoms with Crippen molar-refractivity contribution in [3.05, 3.63) is 28.8 Å². The Kier molecular flexibility index (Phi) is 5.18. The molecule has 3 N–H and O–H groups in total. The highest BCUT2D eigenvalue weighted by Gasteiger charge is 2.20. The lowest BCUT2D eigenvalue weighted by molar-refractivity contribution is -0.137. The second-order valence-electron chi connectivity index (χ2n) is 4.51. The Bertz CT molecular complexity index is 469. The third-order valence-electron chi connectivity index (χ3n) is 2.62. The van der Waals surface area contributed by atoms with Crippen molar-refractivity contribution in [2.75, 3.05) is 12.3 Å². The quantitative estimate of drug-likeness (QED) is 0.812. The van der Waals surface area contributed by atoms with Crippen LogP contribution in [0.15, 0.2) is 18.2 Å². The lowest BCUT2D eigenvalue weighted by atomic mass is 10.1. The van der Waals surface area contributed by atoms with Crippen LogP contribution in [0.1, 0.15) is 30.6 Å². The summed E-state index contributed by atoms with van der Waals surface area (Å²) in [5.74, 6) is -1.21. The summed E-state index contributed by atoms with van der Waals surface area (Å²) >= 11 is 5.86. The lowest BCUT2D eigenvalue weighted by Crippen LogP contribution is -2.38. The number of hydrogen-bond donors (Lipinski definition) is 2. The van der Waals surface area contributed by atoms with Crippen LogP contribution < -0.4 is 5.73 Å². The van der Waals surface area contributed by atoms with Crippen molar-refractivity contribution in [2.24, 2.45) is 0 Å². The number of carboxylic acids is 1. The number of carboxylic acid groups (broad SMARTS) is 1. The van der Waals surface area contributed by atoms with Crippen LogP contribution in [0.5, 0.6) is 0 Å². The number of nitrogen functional groups attached to an aromatic ring is 1. The standard InChI is InChI=1S/C13H17ClN2O3/c1-8(2)16(4-3-12(17)18)13(19)9-5-10(14)7-11(15)6-9/h5-8H,3-4,15H2,1-2H3,(H,17,18). The molecule has 0 saturated carbocycles. The smallest absolute Gasteiger partial charge is 0.305 e. The molecule has 0 aliphatic heterocycles. The van der Waals surface area contributed by atoms with E-state index in [0.29, 0.717) is 16.3 Å². The second-order valence-corrected chi connectivity index (χ2v) is 4.95. The average Bonchev–Trinajstić information content (AvgIpc) is 2.26. The Morgan fingerprint density at radius 1 is 1.37 bits per heavy atom. The predicted octanol–water partition coefficient (Wildman–Crippen LogP) is 2.25. The van der Waals surface area contributed by atoms with Crippen LogP contribution in [-0.2, 0) is 4.79 Å². The highest BCUT2D eigenvalue weighted by atomic mass is 35.5. The van der Waals surface area contributed by atoms with E-state index < -0.39 is 5.97 Å². The van der Waals surface area contributed by atoms with Crippen molar-refractivity contribution in [3.8, 4) is 0 Å². The summed E-state index contributed by atoms with van der Waals surface area (Å²) in [6.07, 6.45) is -0.0973. The molecule has 6 heteroatoms. The molecule has 0 fully saturated rings. The van der Waals surface area contributed by atoms with E-state index in [-0.39, 0.29) is 24.9 Å². The van der Waals surface area contributed by atoms with E-state index in [2.05, 4.69) is 0 Å². The largest absolute Gasteiger partial charge is 0.481 e. The number of amides is 1. The Balaban J connectivity index is 2.95. The van der Waals surface area contributed by atoms with E-state index in [4.69, 9.17) is 22.4 Å². The number of halogens is 1. The van der Waals surface area contributed by atoms with E-state index in [1.54, 1.807) is 6.07 Å². The van der Waals surface area contributed by atoms with Gasteiger partial charge in [0.25, 0.3) is 5.91 Å². The molecule has 1 rings (SSSR count). The monoisotopic (exact) mass is 284 g/mol. The minimum Gasteiger partial charge on any atom is -0.481 e. The number of benzene rings is 1. The maximum absolute atomic E-state index is 12.3. The van der Waals surface area contributed by atoms with Gasteiger partial charge in [-0.3, -0.25) is 9.59 Å². The van der Waals surface area contributed by atoms with E-state index in [0.717, 1.165) is 0 Å². The molecule has 1 amide bonds. The minimum absolute atomic E-state index is 0.0973. The van der Waals surface area contributed by atoms with Crippen molar-refractivity contribution in [1.29, 1.82) is 0 Å². The third-order valence-corrected chi connectivity index (χ3v) is 2.84. The van der Waals surface area contributed by atoms with Crippen molar-refractivity contribution >= 4 is 29.2 Å². The molecule has 0 unspecified atom stereocenters. The number of hydrogen-bond acceptors (Lipinski definition) is 3. The van der Waals surface area contributed by atoms with E-state index in [9.17, 15) is 9.59 Å². The van der Waals surface area contributed by atoms with Gasteiger partial charge in [0.05, 0.1) is 6.42 Å². The molecule has 1 aromatic rings. The van der Waals surface area contributed by atoms with Gasteiger partial charge in [-0.15, -0.1) is 0 Å². The zero-order chi connectivity index (χ0) is 14.6. The fourth-order valence-electron chi connectivity index (χ4n) is 1.71. The third kappa shape index (κ3) is 4.44. The maximum atomic E-state index is 12.3. The summed E-state index contributed by atoms with van der Waals surface area (Å²) in [5.41, 5.74) is 6.41. The first-order chi connectivity index (χ1) is 8.81. The predicted molar refractivity (Wildman–Crippen MR) is 74.3 cm³/mol. The zero-order valence-corrected chi connectivity index (χ0v) is 11.6. The Labute approximate surface area is 117 Å². The van der Waals surface area contributed by atoms with Gasteiger partial charge in [0.1, 0.15) is 0 Å². The molecule has 1 aromatic carbocycles. The van der Waals surface area contributed by atoms with E-state index >= 15 is 0 Å². The summed E-state index contributed by atoms with van der Waals surface area (Å²) in [5, 5.41) is 9.09. The number of carbonyl (C=O) groups is 2. The SMILES string of the molecule is CC(C)N(CCC(=O)O)C(=O)c1cc(N)cc(Cl)c1. The van der Waals surface area contributed by atoms with Crippen molar-refractivity contribution in [1.82, 2.24) is 4.90 Å². The van der Waals surface area contributed by atoms with Gasteiger partial charge in [-0.05, 0) is 32.0 Å². The van der Waals surface area contributed by atoms with Crippen molar-refractivity contribution in [2.45, 2.75) is 26.3 Å². The van der Waals surface area contributed by atoms with Gasteiger partial charge in [-0.25, -0.2) is 0 Å². The molecular weight excluding hydrogens is 268 g/mol. The number of aliphatic carboxylic acids is 1. The van der Waals surface area contributed by atoms with E-state index in [1.165, 1.54) is 17.0 Å². The van der Waals surface area contributed by atoms with Crippen LogP contribution in [0.25, 0.3) is 0 Å². The second kappa shape index (κ2) is 6.43. The molecule has 0 heterocycles. The van der Waals surface area contributed by atoms with Crippen LogP contribution in [0.3, 0.4) is 0 Å². The van der Waals surface area contributed by atoms with Gasteiger partial charge in [-0.1, -0.05) is 11.6 Å². The summed E-state index contributed by atoms with van der Waals surface area (Å²) in [6, 6.07) is 4.50. The van der Waals surface area contributed by atoms with Gasteiger partial charge in [0.15, 0.2) is 0 Å². The molecule has 0 atom stereocenters. The maximum Gasteiger partial charge on any atom is 0.305 e. The van der Waals surface area contributed by atoms with Crippen molar-refractivity contribution in [3.63, 3.8) is 0 Å². The molecule has 0 bridgehead atoms. The minimum atomic E-state index is -0.941. The molecule has 0 aliphatic carbocycles. The van der Waals surface area contributed by atoms with Gasteiger partial charge < -0.3 is 15.7 Å². The van der Waals surface area contributed by atoms with Gasteiger partial charge >= 0.3 is 5.97 Å². The van der Waals surface area contributed by atoms with Gasteiger partial charge in [0.2, 0.25) is 0 Å². The molecular formula is C13H17ClN2O3. The first-order valence-electron chi connectivity index (χ1n) is 5.90. The van der Waals surface area contributed by atoms with Gasteiger partial charge in [0, 0.05) is 28.9 Å². The molecule has 5 nitrogen and oxygen atoms in total. The normalized spacial score (nSPS) is 10.5. The molecule has 0 radical (unpaired) electrons. The molecule has 0 aromatic heterocycles. The van der Waals surface area contributed by atoms with Crippen LogP contribution in [-0.4, -0.2) is 34.5 Å². The Hall–Kier alpha value is -1.75. The zero-order valence-electron chi connectivity index (χ0n) is 10.9. The lowest BCUT2D eigenvalue weighted by Gasteiger charge is -2.26. The van der Waals surface area contributed by atoms with Crippen LogP contribution >= 0.6 is 11.6 Å². The molecule has 0 aliphatic rings. The number of nitrogens with two attached hydrogens (primary N) is 1. The average molecular weight is 285 g/mol. The number of nitrogens with zero attached hydrogens (tertiary/aromatic N) is 1. The first-order valence-corrected chi connectivity index (χ1v) is 6.28. The Morgan fingerprint density at radius 3 is 2.47 bits per heavy atom. The summed E-state index contributed by atoms with van der Waals surface area (Å²) in [4.78, 5) is 24.4. The molecule has 0 saturated heterocycles. The van der Waals surface area contributed by atoms with Crippen LogP contribution in [0.2, 0.25) is 5.02 Å². The highest BCUT2D eigenvalue weighted by Crippen LogP contribution is 2.19. The summed E-state index contributed by atoms with van der Waals surface area (Å²) in [7, 11) is 0. The molecule has 19 heavy (non-hydrogen) atoms. The Morgan fingerprint density at radius 2 is 2.00 bits per heavy atom. The number of anilines is 1.